The molecular formula is C26H31NO7. The lowest BCUT2D eigenvalue weighted by Gasteiger charge is -2.31. The van der Waals surface area contributed by atoms with Gasteiger partial charge in [-0.3, -0.25) is 9.59 Å². The Kier molecular flexibility index (Phi) is 7.19. The summed E-state index contributed by atoms with van der Waals surface area (Å²) in [6.07, 6.45) is 4.56. The molecule has 0 aromatic heterocycles. The van der Waals surface area contributed by atoms with Crippen molar-refractivity contribution in [1.82, 2.24) is 4.90 Å². The minimum absolute atomic E-state index is 0.209. The monoisotopic (exact) mass is 469 g/mol. The lowest BCUT2D eigenvalue weighted by atomic mass is 9.69. The predicted octanol–water partition coefficient (Wildman–Crippen LogP) is 3.43. The highest BCUT2D eigenvalue weighted by molar-refractivity contribution is 6.16. The van der Waals surface area contributed by atoms with Gasteiger partial charge in [0.15, 0.2) is 0 Å². The maximum atomic E-state index is 13.0. The first-order chi connectivity index (χ1) is 16.4. The fourth-order valence-corrected chi connectivity index (χ4v) is 5.60. The van der Waals surface area contributed by atoms with Crippen LogP contribution in [0, 0.1) is 17.8 Å². The zero-order valence-corrected chi connectivity index (χ0v) is 19.5. The van der Waals surface area contributed by atoms with Gasteiger partial charge < -0.3 is 19.7 Å². The van der Waals surface area contributed by atoms with Gasteiger partial charge in [-0.25, -0.2) is 4.79 Å². The van der Waals surface area contributed by atoms with Crippen LogP contribution < -0.4 is 0 Å². The van der Waals surface area contributed by atoms with Gasteiger partial charge in [-0.05, 0) is 54.5 Å². The maximum Gasteiger partial charge on any atom is 0.423 e. The number of carbonyl (C=O) groups excluding carboxylic acids is 3. The summed E-state index contributed by atoms with van der Waals surface area (Å²) in [5.41, 5.74) is 3.92. The number of amides is 3. The molecule has 0 bridgehead atoms. The molecule has 3 aliphatic rings. The van der Waals surface area contributed by atoms with Crippen LogP contribution >= 0.6 is 0 Å². The van der Waals surface area contributed by atoms with E-state index in [9.17, 15) is 24.6 Å². The summed E-state index contributed by atoms with van der Waals surface area (Å²) in [5, 5.41) is 19.6. The number of imide groups is 3. The summed E-state index contributed by atoms with van der Waals surface area (Å²) in [6.45, 7) is 2.19. The average molecular weight is 470 g/mol. The number of fused-ring (bicyclic) bond motifs is 3. The molecule has 0 radical (unpaired) electrons. The number of aromatic hydroxyl groups is 1. The minimum atomic E-state index is -0.962. The summed E-state index contributed by atoms with van der Waals surface area (Å²) in [4.78, 5) is 38.5. The fraction of sp³-hybridized carbons (Fsp3) is 0.500. The van der Waals surface area contributed by atoms with Crippen molar-refractivity contribution in [3.8, 4) is 5.75 Å². The van der Waals surface area contributed by atoms with Crippen molar-refractivity contribution in [2.24, 2.45) is 17.8 Å². The van der Waals surface area contributed by atoms with Crippen molar-refractivity contribution < 1.29 is 34.1 Å². The standard InChI is InChI=1S/C26H31NO7/c1-3-4-15(11-16-5-8-18(29)9-6-16)7-10-21-22-17(13-28)12-19-23(20(22)14-34-21)25(31)27(24(19)30)26(32)33-2/h5-6,8-9,11,19-21,23,28-29H,3-4,7,10,12-14H2,1-2H3/b15-11+/t19-,20+,21-,23-/m1/s1. The molecule has 1 aromatic carbocycles. The quantitative estimate of drug-likeness (QED) is 0.465. The van der Waals surface area contributed by atoms with E-state index < -0.39 is 29.7 Å². The molecule has 4 atom stereocenters. The normalized spacial score (nSPS) is 26.7. The van der Waals surface area contributed by atoms with E-state index in [0.717, 1.165) is 43.1 Å². The van der Waals surface area contributed by atoms with Gasteiger partial charge in [-0.2, -0.15) is 4.90 Å². The Bertz CT molecular complexity index is 1030. The Morgan fingerprint density at radius 1 is 1.18 bits per heavy atom. The molecule has 182 valence electrons. The second kappa shape index (κ2) is 10.1. The number of phenolic OH excluding ortho intramolecular Hbond substituents is 1. The van der Waals surface area contributed by atoms with Crippen molar-refractivity contribution in [3.63, 3.8) is 0 Å². The summed E-state index contributed by atoms with van der Waals surface area (Å²) in [5.74, 6) is -2.53. The van der Waals surface area contributed by atoms with Gasteiger partial charge >= 0.3 is 6.09 Å². The number of carbonyl (C=O) groups is 3. The summed E-state index contributed by atoms with van der Waals surface area (Å²) in [6, 6.07) is 7.07. The first-order valence-corrected chi connectivity index (χ1v) is 11.8. The Balaban J connectivity index is 1.54. The topological polar surface area (TPSA) is 113 Å². The van der Waals surface area contributed by atoms with Crippen LogP contribution in [0.5, 0.6) is 5.75 Å². The smallest absolute Gasteiger partial charge is 0.423 e. The number of hydrogen-bond donors (Lipinski definition) is 2. The van der Waals surface area contributed by atoms with Crippen molar-refractivity contribution in [2.75, 3.05) is 20.3 Å². The van der Waals surface area contributed by atoms with Crippen LogP contribution in [0.3, 0.4) is 0 Å². The predicted molar refractivity (Wildman–Crippen MR) is 123 cm³/mol. The van der Waals surface area contributed by atoms with E-state index in [2.05, 4.69) is 17.7 Å². The third-order valence-corrected chi connectivity index (χ3v) is 7.12. The number of rotatable bonds is 7. The van der Waals surface area contributed by atoms with Gasteiger partial charge in [0.25, 0.3) is 0 Å². The van der Waals surface area contributed by atoms with Crippen molar-refractivity contribution in [2.45, 2.75) is 45.1 Å². The molecular weight excluding hydrogens is 438 g/mol. The molecule has 2 N–H and O–H groups in total. The van der Waals surface area contributed by atoms with Crippen molar-refractivity contribution in [3.05, 3.63) is 46.5 Å². The van der Waals surface area contributed by atoms with Gasteiger partial charge in [-0.1, -0.05) is 37.1 Å². The van der Waals surface area contributed by atoms with Crippen LogP contribution in [0.1, 0.15) is 44.6 Å². The molecule has 2 heterocycles. The molecule has 8 heteroatoms. The van der Waals surface area contributed by atoms with Crippen LogP contribution in [0.4, 0.5) is 4.79 Å². The van der Waals surface area contributed by atoms with E-state index in [-0.39, 0.29) is 37.4 Å². The van der Waals surface area contributed by atoms with Crippen molar-refractivity contribution >= 4 is 24.0 Å². The van der Waals surface area contributed by atoms with E-state index in [1.165, 1.54) is 5.57 Å². The number of phenols is 1. The Morgan fingerprint density at radius 2 is 1.91 bits per heavy atom. The first-order valence-electron chi connectivity index (χ1n) is 11.8. The van der Waals surface area contributed by atoms with Gasteiger partial charge in [0.1, 0.15) is 5.75 Å². The van der Waals surface area contributed by atoms with E-state index >= 15 is 0 Å². The van der Waals surface area contributed by atoms with Gasteiger partial charge in [0, 0.05) is 5.92 Å². The lowest BCUT2D eigenvalue weighted by Crippen LogP contribution is -2.38. The highest BCUT2D eigenvalue weighted by atomic mass is 16.5. The molecule has 0 saturated carbocycles. The van der Waals surface area contributed by atoms with Gasteiger partial charge in [-0.15, -0.1) is 0 Å². The molecule has 34 heavy (non-hydrogen) atoms. The van der Waals surface area contributed by atoms with Crippen LogP contribution in [0.2, 0.25) is 0 Å². The second-order valence-electron chi connectivity index (χ2n) is 9.15. The largest absolute Gasteiger partial charge is 0.508 e. The SMILES string of the molecule is CCC/C(=C\c1ccc(O)cc1)CC[C@H]1OC[C@H]2C1=C(CO)C[C@H]1C(=O)N(C(=O)OC)C(=O)[C@H]12. The molecule has 3 amide bonds. The number of aliphatic hydroxyl groups excluding tert-OH is 1. The van der Waals surface area contributed by atoms with Crippen LogP contribution in [0.25, 0.3) is 6.08 Å². The summed E-state index contributed by atoms with van der Waals surface area (Å²) >= 11 is 0. The summed E-state index contributed by atoms with van der Waals surface area (Å²) in [7, 11) is 1.14. The van der Waals surface area contributed by atoms with Crippen molar-refractivity contribution in [1.29, 1.82) is 0 Å². The lowest BCUT2D eigenvalue weighted by molar-refractivity contribution is -0.137. The number of hydrogen-bond acceptors (Lipinski definition) is 7. The van der Waals surface area contributed by atoms with E-state index in [4.69, 9.17) is 4.74 Å². The van der Waals surface area contributed by atoms with Gasteiger partial charge in [0.05, 0.1) is 38.3 Å². The van der Waals surface area contributed by atoms with Gasteiger partial charge in [0.2, 0.25) is 11.8 Å². The van der Waals surface area contributed by atoms with Crippen LogP contribution in [-0.4, -0.2) is 59.4 Å². The third-order valence-electron chi connectivity index (χ3n) is 7.12. The van der Waals surface area contributed by atoms with E-state index in [0.29, 0.717) is 11.3 Å². The number of nitrogens with zero attached hydrogens (tertiary/aromatic N) is 1. The number of methoxy groups -OCH3 is 1. The molecule has 0 spiro atoms. The number of likely N-dealkylation sites (tertiary alicyclic amines) is 1. The van der Waals surface area contributed by atoms with E-state index in [1.54, 1.807) is 12.1 Å². The van der Waals surface area contributed by atoms with Crippen LogP contribution in [0.15, 0.2) is 41.0 Å². The second-order valence-corrected chi connectivity index (χ2v) is 9.15. The number of ether oxygens (including phenoxy) is 2. The highest BCUT2D eigenvalue weighted by Gasteiger charge is 2.58. The summed E-state index contributed by atoms with van der Waals surface area (Å²) < 4.78 is 10.8. The molecule has 1 aliphatic carbocycles. The number of benzene rings is 1. The molecule has 8 nitrogen and oxygen atoms in total. The zero-order valence-electron chi connectivity index (χ0n) is 19.5. The average Bonchev–Trinajstić information content (AvgIpc) is 3.36. The molecule has 4 rings (SSSR count). The molecule has 1 aromatic rings. The Labute approximate surface area is 198 Å². The van der Waals surface area contributed by atoms with Crippen LogP contribution in [-0.2, 0) is 19.1 Å². The molecule has 2 fully saturated rings. The highest BCUT2D eigenvalue weighted by Crippen LogP contribution is 2.49. The molecule has 0 unspecified atom stereocenters. The minimum Gasteiger partial charge on any atom is -0.508 e. The Hall–Kier alpha value is -2.97. The number of allylic oxidation sites excluding steroid dienone is 1. The Morgan fingerprint density at radius 3 is 2.56 bits per heavy atom. The zero-order chi connectivity index (χ0) is 24.4. The molecule has 2 saturated heterocycles. The first kappa shape index (κ1) is 24.2. The van der Waals surface area contributed by atoms with E-state index in [1.807, 2.05) is 12.1 Å². The number of aliphatic hydroxyl groups is 1. The molecule has 2 aliphatic heterocycles. The third kappa shape index (κ3) is 4.40. The maximum absolute atomic E-state index is 13.0. The fourth-order valence-electron chi connectivity index (χ4n) is 5.60.